The van der Waals surface area contributed by atoms with Gasteiger partial charge < -0.3 is 15.4 Å². The van der Waals surface area contributed by atoms with E-state index in [1.54, 1.807) is 11.8 Å². The Balaban J connectivity index is 1.29. The molecule has 1 atom stereocenters. The van der Waals surface area contributed by atoms with E-state index in [2.05, 4.69) is 51.9 Å². The van der Waals surface area contributed by atoms with Gasteiger partial charge in [0.1, 0.15) is 22.2 Å². The second kappa shape index (κ2) is 7.71. The van der Waals surface area contributed by atoms with E-state index in [0.29, 0.717) is 11.7 Å². The quantitative estimate of drug-likeness (QED) is 0.638. The Labute approximate surface area is 187 Å². The minimum absolute atomic E-state index is 0.119. The summed E-state index contributed by atoms with van der Waals surface area (Å²) in [7, 11) is 0. The summed E-state index contributed by atoms with van der Waals surface area (Å²) in [6, 6.07) is 10.4. The summed E-state index contributed by atoms with van der Waals surface area (Å²) in [4.78, 5) is 17.0. The molecule has 31 heavy (non-hydrogen) atoms. The van der Waals surface area contributed by atoms with Gasteiger partial charge in [0.2, 0.25) is 0 Å². The van der Waals surface area contributed by atoms with Crippen LogP contribution < -0.4 is 15.4 Å². The van der Waals surface area contributed by atoms with Crippen molar-refractivity contribution >= 4 is 23.4 Å². The lowest BCUT2D eigenvalue weighted by molar-refractivity contribution is 0.0465. The molecule has 2 aliphatic rings. The zero-order valence-electron chi connectivity index (χ0n) is 18.1. The van der Waals surface area contributed by atoms with Gasteiger partial charge in [-0.25, -0.2) is 9.97 Å². The number of hydrogen-bond donors (Lipinski definition) is 1. The van der Waals surface area contributed by atoms with Gasteiger partial charge in [0.15, 0.2) is 5.82 Å². The van der Waals surface area contributed by atoms with E-state index in [4.69, 9.17) is 10.5 Å². The molecule has 3 aromatic rings. The molecule has 0 unspecified atom stereocenters. The number of nitrogen functional groups attached to an aromatic ring is 1. The molecule has 160 valence electrons. The molecule has 0 saturated carbocycles. The van der Waals surface area contributed by atoms with Crippen LogP contribution in [0.3, 0.4) is 0 Å². The Hall–Kier alpha value is -2.80. The smallest absolute Gasteiger partial charge is 0.158 e. The Morgan fingerprint density at radius 3 is 2.65 bits per heavy atom. The number of anilines is 2. The molecule has 2 aromatic heterocycles. The van der Waals surface area contributed by atoms with Crippen LogP contribution in [0.4, 0.5) is 11.6 Å². The lowest BCUT2D eigenvalue weighted by Gasteiger charge is -2.41. The average Bonchev–Trinajstić information content (AvgIpc) is 3.05. The first-order chi connectivity index (χ1) is 15.0. The van der Waals surface area contributed by atoms with E-state index in [9.17, 15) is 0 Å². The van der Waals surface area contributed by atoms with Crippen LogP contribution in [-0.2, 0) is 0 Å². The van der Waals surface area contributed by atoms with E-state index >= 15 is 0 Å². The van der Waals surface area contributed by atoms with Crippen molar-refractivity contribution in [2.45, 2.75) is 55.1 Å². The highest BCUT2D eigenvalue weighted by Crippen LogP contribution is 2.49. The fraction of sp³-hybridized carbons (Fsp3) is 0.375. The molecule has 1 saturated heterocycles. The molecule has 4 heterocycles. The van der Waals surface area contributed by atoms with Crippen LogP contribution >= 0.6 is 11.8 Å². The Morgan fingerprint density at radius 1 is 1.13 bits per heavy atom. The number of benzene rings is 1. The normalized spacial score (nSPS) is 19.3. The van der Waals surface area contributed by atoms with E-state index in [1.165, 1.54) is 5.56 Å². The number of aryl methyl sites for hydroxylation is 1. The van der Waals surface area contributed by atoms with Gasteiger partial charge in [0, 0.05) is 54.2 Å². The summed E-state index contributed by atoms with van der Waals surface area (Å²) < 4.78 is 6.47. The molecule has 6 nitrogen and oxygen atoms in total. The molecule has 2 N–H and O–H groups in total. The fourth-order valence-corrected chi connectivity index (χ4v) is 5.51. The van der Waals surface area contributed by atoms with Gasteiger partial charge in [-0.2, -0.15) is 0 Å². The number of piperidine rings is 1. The van der Waals surface area contributed by atoms with Crippen LogP contribution in [0.2, 0.25) is 0 Å². The second-order valence-corrected chi connectivity index (χ2v) is 9.48. The van der Waals surface area contributed by atoms with Gasteiger partial charge in [0.25, 0.3) is 0 Å². The van der Waals surface area contributed by atoms with E-state index in [0.717, 1.165) is 58.7 Å². The first kappa shape index (κ1) is 20.1. The third-order valence-electron chi connectivity index (χ3n) is 6.79. The number of fused-ring (bicyclic) bond motifs is 1. The standard InChI is InChI=1S/C24H27N5OS/c1-15-17(3)26-11-8-20(15)31-23-22(25)28-21(14-27-23)29-12-9-24(10-13-29)16(2)18-6-4-5-7-19(18)30-24/h4-8,11,14,16H,9-10,12-13H2,1-3H3,(H2,25,28)/t16-/m1/s1. The van der Waals surface area contributed by atoms with Gasteiger partial charge in [-0.3, -0.25) is 4.98 Å². The molecule has 7 heteroatoms. The summed E-state index contributed by atoms with van der Waals surface area (Å²) in [6.45, 7) is 8.11. The van der Waals surface area contributed by atoms with E-state index in [-0.39, 0.29) is 5.60 Å². The van der Waals surface area contributed by atoms with Crippen molar-refractivity contribution in [2.24, 2.45) is 0 Å². The minimum Gasteiger partial charge on any atom is -0.486 e. The lowest BCUT2D eigenvalue weighted by atomic mass is 9.79. The predicted molar refractivity (Wildman–Crippen MR) is 124 cm³/mol. The molecule has 0 amide bonds. The highest BCUT2D eigenvalue weighted by atomic mass is 32.2. The van der Waals surface area contributed by atoms with E-state index in [1.807, 2.05) is 31.5 Å². The second-order valence-electron chi connectivity index (χ2n) is 8.45. The highest BCUT2D eigenvalue weighted by Gasteiger charge is 2.47. The van der Waals surface area contributed by atoms with Crippen molar-refractivity contribution < 1.29 is 4.74 Å². The van der Waals surface area contributed by atoms with Crippen molar-refractivity contribution in [3.8, 4) is 5.75 Å². The zero-order valence-corrected chi connectivity index (χ0v) is 18.9. The maximum Gasteiger partial charge on any atom is 0.158 e. The van der Waals surface area contributed by atoms with Gasteiger partial charge in [0.05, 0.1) is 6.20 Å². The van der Waals surface area contributed by atoms with Gasteiger partial charge in [-0.1, -0.05) is 36.9 Å². The molecule has 0 bridgehead atoms. The third-order valence-corrected chi connectivity index (χ3v) is 7.96. The molecule has 0 radical (unpaired) electrons. The summed E-state index contributed by atoms with van der Waals surface area (Å²) in [5.41, 5.74) is 9.66. The van der Waals surface area contributed by atoms with Crippen LogP contribution in [-0.4, -0.2) is 33.6 Å². The number of para-hydroxylation sites is 1. The molecule has 1 fully saturated rings. The monoisotopic (exact) mass is 433 g/mol. The molecular formula is C24H27N5OS. The van der Waals surface area contributed by atoms with Crippen molar-refractivity contribution in [1.29, 1.82) is 0 Å². The summed E-state index contributed by atoms with van der Waals surface area (Å²) >= 11 is 1.54. The van der Waals surface area contributed by atoms with Crippen molar-refractivity contribution in [3.63, 3.8) is 0 Å². The Morgan fingerprint density at radius 2 is 1.90 bits per heavy atom. The molecule has 2 aliphatic heterocycles. The lowest BCUT2D eigenvalue weighted by Crippen LogP contribution is -2.49. The van der Waals surface area contributed by atoms with Crippen molar-refractivity contribution in [2.75, 3.05) is 23.7 Å². The van der Waals surface area contributed by atoms with Gasteiger partial charge in [-0.15, -0.1) is 0 Å². The maximum atomic E-state index is 6.47. The topological polar surface area (TPSA) is 77.2 Å². The summed E-state index contributed by atoms with van der Waals surface area (Å²) in [5.74, 6) is 2.74. The molecular weight excluding hydrogens is 406 g/mol. The largest absolute Gasteiger partial charge is 0.486 e. The van der Waals surface area contributed by atoms with Crippen molar-refractivity contribution in [3.05, 3.63) is 59.5 Å². The number of ether oxygens (including phenoxy) is 1. The number of rotatable bonds is 3. The number of hydrogen-bond acceptors (Lipinski definition) is 7. The third kappa shape index (κ3) is 3.51. The van der Waals surface area contributed by atoms with Crippen LogP contribution in [0.15, 0.2) is 52.6 Å². The first-order valence-electron chi connectivity index (χ1n) is 10.7. The number of aromatic nitrogens is 3. The minimum atomic E-state index is -0.119. The summed E-state index contributed by atoms with van der Waals surface area (Å²) in [5, 5.41) is 0.731. The maximum absolute atomic E-state index is 6.47. The van der Waals surface area contributed by atoms with Gasteiger partial charge >= 0.3 is 0 Å². The Bertz CT molecular complexity index is 1130. The molecule has 1 spiro atoms. The highest BCUT2D eigenvalue weighted by molar-refractivity contribution is 7.99. The summed E-state index contributed by atoms with van der Waals surface area (Å²) in [6.07, 6.45) is 5.57. The van der Waals surface area contributed by atoms with Crippen LogP contribution in [0, 0.1) is 13.8 Å². The number of nitrogens with two attached hydrogens (primary N) is 1. The first-order valence-corrected chi connectivity index (χ1v) is 11.5. The van der Waals surface area contributed by atoms with Crippen LogP contribution in [0.25, 0.3) is 0 Å². The molecule has 1 aromatic carbocycles. The molecule has 0 aliphatic carbocycles. The number of pyridine rings is 1. The Kier molecular flexibility index (Phi) is 5.01. The van der Waals surface area contributed by atoms with Crippen LogP contribution in [0.5, 0.6) is 5.75 Å². The zero-order chi connectivity index (χ0) is 21.6. The number of nitrogens with zero attached hydrogens (tertiary/aromatic N) is 4. The van der Waals surface area contributed by atoms with E-state index < -0.39 is 0 Å². The average molecular weight is 434 g/mol. The SMILES string of the molecule is Cc1nccc(Sc2ncc(N3CCC4(CC3)Oc3ccccc3[C@H]4C)nc2N)c1C. The molecule has 5 rings (SSSR count). The predicted octanol–water partition coefficient (Wildman–Crippen LogP) is 4.76. The van der Waals surface area contributed by atoms with Crippen molar-refractivity contribution in [1.82, 2.24) is 15.0 Å². The van der Waals surface area contributed by atoms with Crippen LogP contribution in [0.1, 0.15) is 42.5 Å². The fourth-order valence-electron chi connectivity index (χ4n) is 4.62. The van der Waals surface area contributed by atoms with Gasteiger partial charge in [-0.05, 0) is 31.5 Å².